The lowest BCUT2D eigenvalue weighted by atomic mass is 10.0. The summed E-state index contributed by atoms with van der Waals surface area (Å²) in [7, 11) is -0.252. The van der Waals surface area contributed by atoms with E-state index in [0.717, 1.165) is 36.8 Å². The number of nitrogens with zero attached hydrogens (tertiary/aromatic N) is 1. The lowest BCUT2D eigenvalue weighted by Gasteiger charge is -2.21. The summed E-state index contributed by atoms with van der Waals surface area (Å²) in [6, 6.07) is 7.03. The fourth-order valence-corrected chi connectivity index (χ4v) is 4.85. The summed E-state index contributed by atoms with van der Waals surface area (Å²) >= 11 is 0. The van der Waals surface area contributed by atoms with Crippen LogP contribution in [0.15, 0.2) is 59.0 Å². The molecule has 0 spiro atoms. The summed E-state index contributed by atoms with van der Waals surface area (Å²) in [6.45, 7) is 0.562. The van der Waals surface area contributed by atoms with Gasteiger partial charge in [-0.3, -0.25) is 4.79 Å². The summed E-state index contributed by atoms with van der Waals surface area (Å²) in [5.41, 5.74) is 2.68. The molecule has 1 amide bonds. The Balaban J connectivity index is 1.80. The number of allylic oxidation sites excluding steroid dienone is 4. The highest BCUT2D eigenvalue weighted by Gasteiger charge is 2.25. The molecule has 1 fully saturated rings. The quantitative estimate of drug-likeness (QED) is 0.795. The van der Waals surface area contributed by atoms with Crippen LogP contribution in [-0.2, 0) is 14.8 Å². The molecule has 1 aromatic rings. The Labute approximate surface area is 167 Å². The third-order valence-corrected chi connectivity index (χ3v) is 6.93. The van der Waals surface area contributed by atoms with Crippen molar-refractivity contribution in [2.75, 3.05) is 20.6 Å². The molecule has 2 aliphatic rings. The van der Waals surface area contributed by atoms with E-state index < -0.39 is 10.0 Å². The van der Waals surface area contributed by atoms with Crippen LogP contribution >= 0.6 is 0 Å². The van der Waals surface area contributed by atoms with Gasteiger partial charge < -0.3 is 4.90 Å². The number of hydrogen-bond acceptors (Lipinski definition) is 3. The highest BCUT2D eigenvalue weighted by atomic mass is 32.2. The molecule has 6 heteroatoms. The largest absolute Gasteiger partial charge is 0.341 e. The van der Waals surface area contributed by atoms with Gasteiger partial charge in [0, 0.05) is 19.5 Å². The standard InChI is InChI=1S/C22H28N2O3S/c1-23-28(26,27)21-13-6-5-12-20(21)18-11-7-8-17(14-15-18)16-24(2)22(25)19-9-3-4-10-19/h5-8,12-15,19,23H,3-4,9-11,16H2,1-2H3. The van der Waals surface area contributed by atoms with Crippen molar-refractivity contribution in [3.05, 3.63) is 59.7 Å². The van der Waals surface area contributed by atoms with E-state index in [9.17, 15) is 13.2 Å². The van der Waals surface area contributed by atoms with E-state index in [-0.39, 0.29) is 16.7 Å². The van der Waals surface area contributed by atoms with Crippen LogP contribution in [0.1, 0.15) is 37.7 Å². The summed E-state index contributed by atoms with van der Waals surface area (Å²) in [5, 5.41) is 0. The van der Waals surface area contributed by atoms with E-state index in [0.29, 0.717) is 18.5 Å². The number of hydrogen-bond donors (Lipinski definition) is 1. The van der Waals surface area contributed by atoms with Gasteiger partial charge in [0.1, 0.15) is 0 Å². The first-order chi connectivity index (χ1) is 13.4. The summed E-state index contributed by atoms with van der Waals surface area (Å²) < 4.78 is 27.1. The highest BCUT2D eigenvalue weighted by Crippen LogP contribution is 2.29. The van der Waals surface area contributed by atoms with Gasteiger partial charge in [0.25, 0.3) is 0 Å². The van der Waals surface area contributed by atoms with Gasteiger partial charge in [0.15, 0.2) is 0 Å². The molecule has 150 valence electrons. The topological polar surface area (TPSA) is 66.5 Å². The molecule has 0 aromatic heterocycles. The van der Waals surface area contributed by atoms with Crippen LogP contribution in [0.5, 0.6) is 0 Å². The second-order valence-corrected chi connectivity index (χ2v) is 9.27. The number of benzene rings is 1. The Morgan fingerprint density at radius 1 is 1.18 bits per heavy atom. The number of amides is 1. The van der Waals surface area contributed by atoms with Gasteiger partial charge in [-0.05, 0) is 49.1 Å². The Morgan fingerprint density at radius 3 is 2.61 bits per heavy atom. The fourth-order valence-electron chi connectivity index (χ4n) is 3.89. The first-order valence-corrected chi connectivity index (χ1v) is 11.2. The van der Waals surface area contributed by atoms with Gasteiger partial charge in [0.05, 0.1) is 4.90 Å². The first-order valence-electron chi connectivity index (χ1n) is 9.76. The summed E-state index contributed by atoms with van der Waals surface area (Å²) in [6.07, 6.45) is 12.9. The van der Waals surface area contributed by atoms with Gasteiger partial charge in [-0.2, -0.15) is 0 Å². The van der Waals surface area contributed by atoms with Crippen molar-refractivity contribution in [2.45, 2.75) is 37.0 Å². The van der Waals surface area contributed by atoms with Crippen molar-refractivity contribution in [3.63, 3.8) is 0 Å². The van der Waals surface area contributed by atoms with Gasteiger partial charge >= 0.3 is 0 Å². The van der Waals surface area contributed by atoms with Crippen molar-refractivity contribution < 1.29 is 13.2 Å². The Bertz CT molecular complexity index is 923. The number of nitrogens with one attached hydrogen (secondary N) is 1. The van der Waals surface area contributed by atoms with Gasteiger partial charge in [-0.15, -0.1) is 0 Å². The SMILES string of the molecule is CNS(=O)(=O)c1ccccc1C1=CC=C(CN(C)C(=O)C2CCCC2)C=CC1. The first kappa shape index (κ1) is 20.6. The molecule has 0 unspecified atom stereocenters. The van der Waals surface area contributed by atoms with E-state index >= 15 is 0 Å². The Morgan fingerprint density at radius 2 is 1.89 bits per heavy atom. The number of sulfonamides is 1. The number of likely N-dealkylation sites (N-methyl/N-ethyl adjacent to an activating group) is 1. The number of carbonyl (C=O) groups is 1. The van der Waals surface area contributed by atoms with Gasteiger partial charge in [0.2, 0.25) is 15.9 Å². The highest BCUT2D eigenvalue weighted by molar-refractivity contribution is 7.89. The van der Waals surface area contributed by atoms with Gasteiger partial charge in [-0.1, -0.05) is 55.3 Å². The Hall–Kier alpha value is -2.18. The lowest BCUT2D eigenvalue weighted by Crippen LogP contribution is -2.33. The molecule has 5 nitrogen and oxygen atoms in total. The number of carbonyl (C=O) groups excluding carboxylic acids is 1. The molecule has 0 aliphatic heterocycles. The van der Waals surface area contributed by atoms with Crippen LogP contribution in [0.25, 0.3) is 5.57 Å². The van der Waals surface area contributed by atoms with Crippen LogP contribution in [-0.4, -0.2) is 39.9 Å². The smallest absolute Gasteiger partial charge is 0.240 e. The van der Waals surface area contributed by atoms with Crippen LogP contribution in [0.2, 0.25) is 0 Å². The summed E-state index contributed by atoms with van der Waals surface area (Å²) in [5.74, 6) is 0.399. The molecule has 1 N–H and O–H groups in total. The molecule has 28 heavy (non-hydrogen) atoms. The van der Waals surface area contributed by atoms with Crippen LogP contribution < -0.4 is 4.72 Å². The zero-order valence-corrected chi connectivity index (χ0v) is 17.3. The maximum atomic E-state index is 12.6. The average molecular weight is 401 g/mol. The maximum absolute atomic E-state index is 12.6. The molecule has 0 saturated heterocycles. The molecule has 1 saturated carbocycles. The molecule has 0 radical (unpaired) electrons. The average Bonchev–Trinajstić information content (AvgIpc) is 3.14. The minimum Gasteiger partial charge on any atom is -0.341 e. The molecule has 1 aromatic carbocycles. The second kappa shape index (κ2) is 8.88. The zero-order valence-electron chi connectivity index (χ0n) is 16.5. The van der Waals surface area contributed by atoms with Crippen molar-refractivity contribution in [3.8, 4) is 0 Å². The number of rotatable bonds is 6. The van der Waals surface area contributed by atoms with Gasteiger partial charge in [-0.25, -0.2) is 13.1 Å². The van der Waals surface area contributed by atoms with Crippen LogP contribution in [0.3, 0.4) is 0 Å². The molecule has 3 rings (SSSR count). The predicted octanol–water partition coefficient (Wildman–Crippen LogP) is 3.51. The monoisotopic (exact) mass is 400 g/mol. The minimum absolute atomic E-state index is 0.171. The maximum Gasteiger partial charge on any atom is 0.240 e. The van der Waals surface area contributed by atoms with Crippen molar-refractivity contribution in [1.29, 1.82) is 0 Å². The molecular weight excluding hydrogens is 372 g/mol. The van der Waals surface area contributed by atoms with E-state index in [1.165, 1.54) is 7.05 Å². The molecule has 0 bridgehead atoms. The molecule has 0 heterocycles. The molecular formula is C22H28N2O3S. The van der Waals surface area contributed by atoms with E-state index in [1.807, 2.05) is 48.4 Å². The van der Waals surface area contributed by atoms with Crippen LogP contribution in [0, 0.1) is 5.92 Å². The minimum atomic E-state index is -3.53. The predicted molar refractivity (Wildman–Crippen MR) is 112 cm³/mol. The second-order valence-electron chi connectivity index (χ2n) is 7.42. The van der Waals surface area contributed by atoms with Crippen molar-refractivity contribution in [1.82, 2.24) is 9.62 Å². The lowest BCUT2D eigenvalue weighted by molar-refractivity contribution is -0.133. The van der Waals surface area contributed by atoms with Crippen molar-refractivity contribution >= 4 is 21.5 Å². The van der Waals surface area contributed by atoms with Crippen LogP contribution in [0.4, 0.5) is 0 Å². The molecule has 0 atom stereocenters. The zero-order chi connectivity index (χ0) is 20.1. The van der Waals surface area contributed by atoms with E-state index in [4.69, 9.17) is 0 Å². The van der Waals surface area contributed by atoms with E-state index in [2.05, 4.69) is 4.72 Å². The Kier molecular flexibility index (Phi) is 6.52. The fraction of sp³-hybridized carbons (Fsp3) is 0.409. The molecule has 2 aliphatic carbocycles. The third-order valence-electron chi connectivity index (χ3n) is 5.46. The van der Waals surface area contributed by atoms with Crippen molar-refractivity contribution in [2.24, 2.45) is 5.92 Å². The third kappa shape index (κ3) is 4.62. The van der Waals surface area contributed by atoms with E-state index in [1.54, 1.807) is 12.1 Å². The normalized spacial score (nSPS) is 17.8. The summed E-state index contributed by atoms with van der Waals surface area (Å²) in [4.78, 5) is 14.7.